The lowest BCUT2D eigenvalue weighted by atomic mass is 9.83. The molecule has 0 aliphatic heterocycles. The number of pyridine rings is 1. The Labute approximate surface area is 96.3 Å². The predicted octanol–water partition coefficient (Wildman–Crippen LogP) is 3.60. The molecule has 0 radical (unpaired) electrons. The van der Waals surface area contributed by atoms with Crippen molar-refractivity contribution >= 4 is 5.82 Å². The molecule has 1 aromatic heterocycles. The fraction of sp³-hybridized carbons (Fsp3) is 0.615. The molecule has 0 aromatic carbocycles. The Balaban J connectivity index is 2.05. The summed E-state index contributed by atoms with van der Waals surface area (Å²) in [5.74, 6) is 0.825. The van der Waals surface area contributed by atoms with Crippen LogP contribution in [0.3, 0.4) is 0 Å². The minimum atomic E-state index is -0.247. The second kappa shape index (κ2) is 5.28. The zero-order valence-electron chi connectivity index (χ0n) is 9.75. The van der Waals surface area contributed by atoms with Crippen molar-refractivity contribution in [3.8, 4) is 0 Å². The summed E-state index contributed by atoms with van der Waals surface area (Å²) in [4.78, 5) is 4.06. The van der Waals surface area contributed by atoms with Gasteiger partial charge in [0, 0.05) is 12.2 Å². The quantitative estimate of drug-likeness (QED) is 0.845. The van der Waals surface area contributed by atoms with E-state index in [2.05, 4.69) is 17.2 Å². The Morgan fingerprint density at radius 1 is 1.44 bits per heavy atom. The third-order valence-corrected chi connectivity index (χ3v) is 3.51. The van der Waals surface area contributed by atoms with Crippen LogP contribution in [0, 0.1) is 11.7 Å². The van der Waals surface area contributed by atoms with Gasteiger partial charge in [-0.1, -0.05) is 26.2 Å². The van der Waals surface area contributed by atoms with Crippen molar-refractivity contribution in [2.45, 2.75) is 45.1 Å². The first-order valence-corrected chi connectivity index (χ1v) is 6.18. The Bertz CT molecular complexity index is 340. The van der Waals surface area contributed by atoms with Crippen molar-refractivity contribution in [3.05, 3.63) is 24.1 Å². The Hall–Kier alpha value is -1.12. The number of aromatic nitrogens is 1. The van der Waals surface area contributed by atoms with Crippen LogP contribution in [0.15, 0.2) is 18.3 Å². The van der Waals surface area contributed by atoms with E-state index >= 15 is 0 Å². The van der Waals surface area contributed by atoms with E-state index < -0.39 is 0 Å². The zero-order chi connectivity index (χ0) is 11.4. The zero-order valence-corrected chi connectivity index (χ0v) is 9.75. The van der Waals surface area contributed by atoms with Gasteiger partial charge in [-0.15, -0.1) is 0 Å². The first-order valence-electron chi connectivity index (χ1n) is 6.18. The van der Waals surface area contributed by atoms with Crippen LogP contribution < -0.4 is 5.32 Å². The largest absolute Gasteiger partial charge is 0.365 e. The average molecular weight is 222 g/mol. The topological polar surface area (TPSA) is 24.9 Å². The minimum Gasteiger partial charge on any atom is -0.365 e. The lowest BCUT2D eigenvalue weighted by Crippen LogP contribution is -2.32. The second-order valence-electron chi connectivity index (χ2n) is 4.54. The number of hydrogen-bond donors (Lipinski definition) is 1. The molecule has 2 atom stereocenters. The highest BCUT2D eigenvalue weighted by Gasteiger charge is 2.24. The maximum atomic E-state index is 13.5. The van der Waals surface area contributed by atoms with Crippen LogP contribution >= 0.6 is 0 Å². The molecule has 0 amide bonds. The smallest absolute Gasteiger partial charge is 0.165 e. The molecule has 2 nitrogen and oxygen atoms in total. The molecule has 1 N–H and O–H groups in total. The van der Waals surface area contributed by atoms with Gasteiger partial charge >= 0.3 is 0 Å². The van der Waals surface area contributed by atoms with Gasteiger partial charge in [-0.25, -0.2) is 9.37 Å². The molecule has 1 saturated carbocycles. The predicted molar refractivity (Wildman–Crippen MR) is 63.9 cm³/mol. The molecule has 16 heavy (non-hydrogen) atoms. The highest BCUT2D eigenvalue weighted by molar-refractivity contribution is 5.36. The van der Waals surface area contributed by atoms with Gasteiger partial charge in [0.05, 0.1) is 0 Å². The van der Waals surface area contributed by atoms with Crippen LogP contribution in [0.4, 0.5) is 10.2 Å². The van der Waals surface area contributed by atoms with E-state index in [1.165, 1.54) is 25.3 Å². The normalized spacial score (nSPS) is 25.4. The fourth-order valence-corrected chi connectivity index (χ4v) is 2.55. The van der Waals surface area contributed by atoms with E-state index in [0.29, 0.717) is 17.8 Å². The molecular formula is C13H19FN2. The molecule has 0 spiro atoms. The summed E-state index contributed by atoms with van der Waals surface area (Å²) >= 11 is 0. The molecule has 0 saturated heterocycles. The SMILES string of the molecule is CCC1CCCCC1Nc1ncccc1F. The van der Waals surface area contributed by atoms with Gasteiger partial charge in [0.25, 0.3) is 0 Å². The number of hydrogen-bond acceptors (Lipinski definition) is 2. The Morgan fingerprint density at radius 2 is 2.25 bits per heavy atom. The number of nitrogens with one attached hydrogen (secondary N) is 1. The average Bonchev–Trinajstić information content (AvgIpc) is 2.33. The number of halogens is 1. The summed E-state index contributed by atoms with van der Waals surface area (Å²) in [7, 11) is 0. The number of rotatable bonds is 3. The third-order valence-electron chi connectivity index (χ3n) is 3.51. The highest BCUT2D eigenvalue weighted by atomic mass is 19.1. The van der Waals surface area contributed by atoms with Crippen molar-refractivity contribution in [1.82, 2.24) is 4.98 Å². The highest BCUT2D eigenvalue weighted by Crippen LogP contribution is 2.29. The standard InChI is InChI=1S/C13H19FN2/c1-2-10-6-3-4-8-12(10)16-13-11(14)7-5-9-15-13/h5,7,9-10,12H,2-4,6,8H2,1H3,(H,15,16). The van der Waals surface area contributed by atoms with Gasteiger partial charge in [-0.2, -0.15) is 0 Å². The molecule has 2 rings (SSSR count). The van der Waals surface area contributed by atoms with Crippen LogP contribution in [-0.4, -0.2) is 11.0 Å². The molecule has 3 heteroatoms. The van der Waals surface area contributed by atoms with E-state index in [0.717, 1.165) is 12.8 Å². The minimum absolute atomic E-state index is 0.247. The summed E-state index contributed by atoms with van der Waals surface area (Å²) in [6, 6.07) is 3.47. The van der Waals surface area contributed by atoms with Crippen molar-refractivity contribution in [1.29, 1.82) is 0 Å². The van der Waals surface area contributed by atoms with E-state index in [4.69, 9.17) is 0 Å². The van der Waals surface area contributed by atoms with E-state index in [9.17, 15) is 4.39 Å². The van der Waals surface area contributed by atoms with Crippen molar-refractivity contribution in [2.75, 3.05) is 5.32 Å². The number of nitrogens with zero attached hydrogens (tertiary/aromatic N) is 1. The van der Waals surface area contributed by atoms with Gasteiger partial charge in [0.1, 0.15) is 0 Å². The summed E-state index contributed by atoms with van der Waals surface area (Å²) in [5.41, 5.74) is 0. The van der Waals surface area contributed by atoms with Crippen molar-refractivity contribution < 1.29 is 4.39 Å². The van der Waals surface area contributed by atoms with Gasteiger partial charge < -0.3 is 5.32 Å². The van der Waals surface area contributed by atoms with Crippen LogP contribution in [0.5, 0.6) is 0 Å². The molecule has 1 heterocycles. The molecule has 88 valence electrons. The lowest BCUT2D eigenvalue weighted by Gasteiger charge is -2.31. The molecule has 1 aromatic rings. The Morgan fingerprint density at radius 3 is 3.00 bits per heavy atom. The van der Waals surface area contributed by atoms with E-state index in [1.54, 1.807) is 12.3 Å². The van der Waals surface area contributed by atoms with Crippen molar-refractivity contribution in [3.63, 3.8) is 0 Å². The van der Waals surface area contributed by atoms with Gasteiger partial charge in [0.15, 0.2) is 11.6 Å². The van der Waals surface area contributed by atoms with E-state index in [1.807, 2.05) is 0 Å². The van der Waals surface area contributed by atoms with Crippen molar-refractivity contribution in [2.24, 2.45) is 5.92 Å². The second-order valence-corrected chi connectivity index (χ2v) is 4.54. The summed E-state index contributed by atoms with van der Waals surface area (Å²) in [6.07, 6.45) is 7.72. The van der Waals surface area contributed by atoms with Crippen LogP contribution in [0.25, 0.3) is 0 Å². The molecule has 0 bridgehead atoms. The van der Waals surface area contributed by atoms with Gasteiger partial charge in [0.2, 0.25) is 0 Å². The number of anilines is 1. The summed E-state index contributed by atoms with van der Waals surface area (Å²) in [5, 5.41) is 3.26. The van der Waals surface area contributed by atoms with Crippen LogP contribution in [0.1, 0.15) is 39.0 Å². The summed E-state index contributed by atoms with van der Waals surface area (Å²) in [6.45, 7) is 2.21. The molecule has 1 fully saturated rings. The maximum Gasteiger partial charge on any atom is 0.165 e. The summed E-state index contributed by atoms with van der Waals surface area (Å²) < 4.78 is 13.5. The lowest BCUT2D eigenvalue weighted by molar-refractivity contribution is 0.316. The monoisotopic (exact) mass is 222 g/mol. The Kier molecular flexibility index (Phi) is 3.75. The fourth-order valence-electron chi connectivity index (χ4n) is 2.55. The van der Waals surface area contributed by atoms with E-state index in [-0.39, 0.29) is 5.82 Å². The first kappa shape index (κ1) is 11.4. The third kappa shape index (κ3) is 2.52. The maximum absolute atomic E-state index is 13.5. The van der Waals surface area contributed by atoms with Gasteiger partial charge in [-0.05, 0) is 30.9 Å². The molecule has 1 aliphatic rings. The molecular weight excluding hydrogens is 203 g/mol. The molecule has 1 aliphatic carbocycles. The van der Waals surface area contributed by atoms with Crippen LogP contribution in [-0.2, 0) is 0 Å². The van der Waals surface area contributed by atoms with Gasteiger partial charge in [-0.3, -0.25) is 0 Å². The molecule has 2 unspecified atom stereocenters. The van der Waals surface area contributed by atoms with Crippen LogP contribution in [0.2, 0.25) is 0 Å². The first-order chi connectivity index (χ1) is 7.81.